The van der Waals surface area contributed by atoms with Gasteiger partial charge in [-0.25, -0.2) is 0 Å². The number of Topliss-reactive ketones (excluding diaryl/α,β-unsaturated/α-hetero) is 2. The average molecular weight is 315 g/mol. The van der Waals surface area contributed by atoms with Crippen molar-refractivity contribution in [3.8, 4) is 0 Å². The van der Waals surface area contributed by atoms with E-state index in [0.717, 1.165) is 5.56 Å². The third kappa shape index (κ3) is 3.73. The molecule has 0 aromatic heterocycles. The first kappa shape index (κ1) is 17.1. The molecule has 1 aliphatic rings. The molecule has 1 aliphatic carbocycles. The molecule has 0 unspecified atom stereocenters. The number of esters is 1. The van der Waals surface area contributed by atoms with Gasteiger partial charge in [-0.3, -0.25) is 19.4 Å². The summed E-state index contributed by atoms with van der Waals surface area (Å²) in [7, 11) is 1.25. The number of methoxy groups -OCH3 is 1. The summed E-state index contributed by atoms with van der Waals surface area (Å²) < 4.78 is 4.74. The van der Waals surface area contributed by atoms with Crippen LogP contribution in [0.15, 0.2) is 35.3 Å². The molecule has 2 atom stereocenters. The van der Waals surface area contributed by atoms with Crippen LogP contribution in [0, 0.1) is 17.3 Å². The van der Waals surface area contributed by atoms with Gasteiger partial charge in [0.1, 0.15) is 17.6 Å². The summed E-state index contributed by atoms with van der Waals surface area (Å²) in [6.45, 7) is 3.87. The molecule has 1 aromatic carbocycles. The Morgan fingerprint density at radius 3 is 2.57 bits per heavy atom. The number of rotatable bonds is 4. The van der Waals surface area contributed by atoms with Crippen LogP contribution >= 0.6 is 0 Å². The lowest BCUT2D eigenvalue weighted by Gasteiger charge is -2.37. The van der Waals surface area contributed by atoms with E-state index in [4.69, 9.17) is 4.74 Å². The zero-order chi connectivity index (χ0) is 17.0. The van der Waals surface area contributed by atoms with Gasteiger partial charge in [0, 0.05) is 12.6 Å². The topological polar surface area (TPSA) is 72.8 Å². The SMILES string of the molecule is COC(=O)[C@@H]1C(=O)[C@H](C=NCc2ccccc2)C(=O)CC1(C)C. The number of hydrogen-bond donors (Lipinski definition) is 0. The number of benzene rings is 1. The van der Waals surface area contributed by atoms with Gasteiger partial charge in [0.2, 0.25) is 0 Å². The van der Waals surface area contributed by atoms with Gasteiger partial charge in [0.25, 0.3) is 0 Å². The predicted octanol–water partition coefficient (Wildman–Crippen LogP) is 2.23. The fraction of sp³-hybridized carbons (Fsp3) is 0.444. The van der Waals surface area contributed by atoms with E-state index in [9.17, 15) is 14.4 Å². The van der Waals surface area contributed by atoms with Crippen molar-refractivity contribution in [3.63, 3.8) is 0 Å². The second kappa shape index (κ2) is 6.86. The lowest BCUT2D eigenvalue weighted by molar-refractivity contribution is -0.159. The van der Waals surface area contributed by atoms with Crippen molar-refractivity contribution in [1.82, 2.24) is 0 Å². The van der Waals surface area contributed by atoms with Gasteiger partial charge in [0.05, 0.1) is 13.7 Å². The standard InChI is InChI=1S/C18H21NO4/c1-18(2)9-14(20)13(16(21)15(18)17(22)23-3)11-19-10-12-7-5-4-6-8-12/h4-8,11,13,15H,9-10H2,1-3H3/t13-,15+/m1/s1. The van der Waals surface area contributed by atoms with Gasteiger partial charge in [-0.15, -0.1) is 0 Å². The van der Waals surface area contributed by atoms with E-state index in [2.05, 4.69) is 4.99 Å². The first-order valence-electron chi connectivity index (χ1n) is 7.55. The second-order valence-electron chi connectivity index (χ2n) is 6.44. The summed E-state index contributed by atoms with van der Waals surface area (Å²) in [4.78, 5) is 41.0. The minimum Gasteiger partial charge on any atom is -0.468 e. The summed E-state index contributed by atoms with van der Waals surface area (Å²) >= 11 is 0. The molecule has 5 heteroatoms. The van der Waals surface area contributed by atoms with Crippen LogP contribution in [-0.2, 0) is 25.7 Å². The van der Waals surface area contributed by atoms with Gasteiger partial charge in [0.15, 0.2) is 5.78 Å². The Labute approximate surface area is 135 Å². The maximum Gasteiger partial charge on any atom is 0.316 e. The Bertz CT molecular complexity index is 634. The number of ketones is 2. The van der Waals surface area contributed by atoms with E-state index in [1.54, 1.807) is 13.8 Å². The quantitative estimate of drug-likeness (QED) is 0.485. The molecule has 23 heavy (non-hydrogen) atoms. The summed E-state index contributed by atoms with van der Waals surface area (Å²) in [6.07, 6.45) is 1.53. The van der Waals surface area contributed by atoms with Crippen LogP contribution in [0.5, 0.6) is 0 Å². The fourth-order valence-electron chi connectivity index (χ4n) is 2.94. The average Bonchev–Trinajstić information content (AvgIpc) is 2.50. The van der Waals surface area contributed by atoms with Crippen molar-refractivity contribution < 1.29 is 19.1 Å². The Kier molecular flexibility index (Phi) is 5.08. The lowest BCUT2D eigenvalue weighted by Crippen LogP contribution is -2.50. The minimum absolute atomic E-state index is 0.153. The molecule has 2 rings (SSSR count). The lowest BCUT2D eigenvalue weighted by atomic mass is 9.64. The number of hydrogen-bond acceptors (Lipinski definition) is 5. The highest BCUT2D eigenvalue weighted by atomic mass is 16.5. The Morgan fingerprint density at radius 1 is 1.30 bits per heavy atom. The molecule has 0 spiro atoms. The molecule has 1 saturated carbocycles. The smallest absolute Gasteiger partial charge is 0.316 e. The van der Waals surface area contributed by atoms with E-state index in [1.807, 2.05) is 30.3 Å². The number of carbonyl (C=O) groups is 3. The number of nitrogens with zero attached hydrogens (tertiary/aromatic N) is 1. The van der Waals surface area contributed by atoms with Crippen molar-refractivity contribution in [1.29, 1.82) is 0 Å². The molecule has 5 nitrogen and oxygen atoms in total. The Morgan fingerprint density at radius 2 is 1.96 bits per heavy atom. The fourth-order valence-corrected chi connectivity index (χ4v) is 2.94. The van der Waals surface area contributed by atoms with Crippen LogP contribution < -0.4 is 0 Å². The van der Waals surface area contributed by atoms with E-state index in [-0.39, 0.29) is 12.2 Å². The highest BCUT2D eigenvalue weighted by Gasteiger charge is 2.51. The molecule has 0 saturated heterocycles. The van der Waals surface area contributed by atoms with Crippen LogP contribution in [-0.4, -0.2) is 30.9 Å². The summed E-state index contributed by atoms with van der Waals surface area (Å²) in [6, 6.07) is 9.55. The summed E-state index contributed by atoms with van der Waals surface area (Å²) in [5.41, 5.74) is 0.259. The first-order valence-corrected chi connectivity index (χ1v) is 7.55. The zero-order valence-corrected chi connectivity index (χ0v) is 13.6. The maximum absolute atomic E-state index is 12.6. The van der Waals surface area contributed by atoms with E-state index < -0.39 is 29.0 Å². The van der Waals surface area contributed by atoms with Crippen LogP contribution in [0.25, 0.3) is 0 Å². The molecule has 1 aromatic rings. The Hall–Kier alpha value is -2.30. The molecule has 0 heterocycles. The van der Waals surface area contributed by atoms with Crippen molar-refractivity contribution in [2.75, 3.05) is 7.11 Å². The number of aliphatic imine (C=N–C) groups is 1. The molecule has 1 fully saturated rings. The molecule has 122 valence electrons. The molecule has 0 N–H and O–H groups in total. The molecule has 0 radical (unpaired) electrons. The monoisotopic (exact) mass is 315 g/mol. The van der Waals surface area contributed by atoms with Gasteiger partial charge < -0.3 is 4.74 Å². The minimum atomic E-state index is -0.962. The highest BCUT2D eigenvalue weighted by molar-refractivity contribution is 6.21. The van der Waals surface area contributed by atoms with E-state index >= 15 is 0 Å². The van der Waals surface area contributed by atoms with Crippen LogP contribution in [0.4, 0.5) is 0 Å². The molecular weight excluding hydrogens is 294 g/mol. The Balaban J connectivity index is 2.16. The summed E-state index contributed by atoms with van der Waals surface area (Å²) in [5.74, 6) is -3.10. The van der Waals surface area contributed by atoms with Gasteiger partial charge in [-0.05, 0) is 11.0 Å². The maximum atomic E-state index is 12.6. The van der Waals surface area contributed by atoms with Gasteiger partial charge in [-0.2, -0.15) is 0 Å². The van der Waals surface area contributed by atoms with Crippen LogP contribution in [0.1, 0.15) is 25.8 Å². The van der Waals surface area contributed by atoms with Crippen LogP contribution in [0.3, 0.4) is 0 Å². The third-order valence-electron chi connectivity index (χ3n) is 4.16. The zero-order valence-electron chi connectivity index (χ0n) is 13.6. The largest absolute Gasteiger partial charge is 0.468 e. The van der Waals surface area contributed by atoms with E-state index in [0.29, 0.717) is 6.54 Å². The van der Waals surface area contributed by atoms with Crippen molar-refractivity contribution in [2.24, 2.45) is 22.2 Å². The molecule has 0 amide bonds. The third-order valence-corrected chi connectivity index (χ3v) is 4.16. The highest BCUT2D eigenvalue weighted by Crippen LogP contribution is 2.39. The second-order valence-corrected chi connectivity index (χ2v) is 6.44. The van der Waals surface area contributed by atoms with E-state index in [1.165, 1.54) is 13.3 Å². The van der Waals surface area contributed by atoms with Gasteiger partial charge in [-0.1, -0.05) is 44.2 Å². The predicted molar refractivity (Wildman–Crippen MR) is 86.0 cm³/mol. The molecule has 0 bridgehead atoms. The van der Waals surface area contributed by atoms with Crippen LogP contribution in [0.2, 0.25) is 0 Å². The van der Waals surface area contributed by atoms with Gasteiger partial charge >= 0.3 is 5.97 Å². The normalized spacial score (nSPS) is 24.0. The first-order chi connectivity index (χ1) is 10.9. The van der Waals surface area contributed by atoms with Crippen molar-refractivity contribution >= 4 is 23.8 Å². The molecular formula is C18H21NO4. The summed E-state index contributed by atoms with van der Waals surface area (Å²) in [5, 5.41) is 0. The van der Waals surface area contributed by atoms with Crippen molar-refractivity contribution in [2.45, 2.75) is 26.8 Å². The molecule has 0 aliphatic heterocycles. The van der Waals surface area contributed by atoms with Crippen molar-refractivity contribution in [3.05, 3.63) is 35.9 Å². The number of carbonyl (C=O) groups excluding carboxylic acids is 3. The number of ether oxygens (including phenoxy) is 1.